The van der Waals surface area contributed by atoms with E-state index in [-0.39, 0.29) is 12.5 Å². The summed E-state index contributed by atoms with van der Waals surface area (Å²) < 4.78 is 5.14. The molecule has 0 spiro atoms. The highest BCUT2D eigenvalue weighted by Crippen LogP contribution is 2.20. The van der Waals surface area contributed by atoms with Gasteiger partial charge in [0, 0.05) is 11.9 Å². The number of rotatable bonds is 6. The normalized spacial score (nSPS) is 12.0. The van der Waals surface area contributed by atoms with Gasteiger partial charge in [-0.15, -0.1) is 11.3 Å². The molecule has 1 amide bonds. The predicted octanol–water partition coefficient (Wildman–Crippen LogP) is 2.49. The second-order valence-corrected chi connectivity index (χ2v) is 5.86. The number of aliphatic hydroxyl groups is 1. The van der Waals surface area contributed by atoms with Crippen LogP contribution < -0.4 is 4.74 Å². The Morgan fingerprint density at radius 1 is 1.38 bits per heavy atom. The number of ether oxygens (including phenoxy) is 1. The van der Waals surface area contributed by atoms with Crippen LogP contribution in [-0.4, -0.2) is 36.6 Å². The Bertz CT molecular complexity index is 583. The minimum atomic E-state index is -0.725. The molecule has 2 aromatic rings. The Morgan fingerprint density at radius 2 is 2.19 bits per heavy atom. The van der Waals surface area contributed by atoms with E-state index in [0.717, 1.165) is 10.4 Å². The third-order valence-corrected chi connectivity index (χ3v) is 4.13. The van der Waals surface area contributed by atoms with Gasteiger partial charge in [-0.3, -0.25) is 4.79 Å². The second-order valence-electron chi connectivity index (χ2n) is 4.82. The molecule has 112 valence electrons. The molecule has 0 aliphatic heterocycles. The van der Waals surface area contributed by atoms with Gasteiger partial charge in [0.15, 0.2) is 0 Å². The first-order valence-corrected chi connectivity index (χ1v) is 7.56. The van der Waals surface area contributed by atoms with Crippen LogP contribution >= 0.6 is 11.3 Å². The number of methoxy groups -OCH3 is 1. The molecule has 2 rings (SSSR count). The highest BCUT2D eigenvalue weighted by Gasteiger charge is 2.16. The highest BCUT2D eigenvalue weighted by molar-refractivity contribution is 7.10. The molecule has 0 saturated carbocycles. The number of amides is 1. The van der Waals surface area contributed by atoms with Crippen molar-refractivity contribution >= 4 is 17.2 Å². The van der Waals surface area contributed by atoms with Crippen molar-refractivity contribution in [1.29, 1.82) is 0 Å². The Morgan fingerprint density at radius 3 is 2.86 bits per heavy atom. The van der Waals surface area contributed by atoms with E-state index in [0.29, 0.717) is 12.2 Å². The molecule has 1 heterocycles. The van der Waals surface area contributed by atoms with E-state index >= 15 is 0 Å². The second kappa shape index (κ2) is 7.24. The largest absolute Gasteiger partial charge is 0.497 e. The smallest absolute Gasteiger partial charge is 0.227 e. The monoisotopic (exact) mass is 305 g/mol. The van der Waals surface area contributed by atoms with Crippen molar-refractivity contribution in [3.8, 4) is 5.75 Å². The number of carbonyl (C=O) groups is 1. The third kappa shape index (κ3) is 4.31. The topological polar surface area (TPSA) is 49.8 Å². The Kier molecular flexibility index (Phi) is 5.36. The van der Waals surface area contributed by atoms with Crippen molar-refractivity contribution in [2.24, 2.45) is 0 Å². The molecule has 5 heteroatoms. The zero-order valence-electron chi connectivity index (χ0n) is 12.2. The van der Waals surface area contributed by atoms with Crippen LogP contribution in [0.3, 0.4) is 0 Å². The van der Waals surface area contributed by atoms with Gasteiger partial charge in [-0.05, 0) is 29.1 Å². The fourth-order valence-electron chi connectivity index (χ4n) is 2.01. The molecule has 0 aliphatic rings. The van der Waals surface area contributed by atoms with E-state index in [2.05, 4.69) is 0 Å². The summed E-state index contributed by atoms with van der Waals surface area (Å²) in [5.41, 5.74) is 0.741. The fraction of sp³-hybridized carbons (Fsp3) is 0.312. The van der Waals surface area contributed by atoms with Crippen LogP contribution in [0.5, 0.6) is 5.75 Å². The third-order valence-electron chi connectivity index (χ3n) is 3.26. The van der Waals surface area contributed by atoms with E-state index in [1.165, 1.54) is 0 Å². The summed E-state index contributed by atoms with van der Waals surface area (Å²) in [6, 6.07) is 11.1. The van der Waals surface area contributed by atoms with E-state index < -0.39 is 6.10 Å². The molecule has 0 aliphatic carbocycles. The van der Waals surface area contributed by atoms with Gasteiger partial charge in [0.25, 0.3) is 0 Å². The Hall–Kier alpha value is -1.85. The maximum atomic E-state index is 12.1. The fourth-order valence-corrected chi connectivity index (χ4v) is 2.71. The summed E-state index contributed by atoms with van der Waals surface area (Å²) in [4.78, 5) is 14.7. The molecule has 21 heavy (non-hydrogen) atoms. The van der Waals surface area contributed by atoms with Gasteiger partial charge < -0.3 is 14.7 Å². The summed E-state index contributed by atoms with van der Waals surface area (Å²) in [5, 5.41) is 12.2. The first kappa shape index (κ1) is 15.5. The number of nitrogens with zero attached hydrogens (tertiary/aromatic N) is 1. The molecule has 1 atom stereocenters. The number of benzene rings is 1. The quantitative estimate of drug-likeness (QED) is 0.892. The van der Waals surface area contributed by atoms with Crippen molar-refractivity contribution in [3.05, 3.63) is 52.2 Å². The average molecular weight is 305 g/mol. The van der Waals surface area contributed by atoms with Gasteiger partial charge in [0.05, 0.1) is 26.2 Å². The number of carbonyl (C=O) groups excluding carboxylic acids is 1. The Balaban J connectivity index is 1.94. The standard InChI is InChI=1S/C16H19NO3S/c1-17(16(19)10-14-7-4-8-21-14)11-15(18)12-5-3-6-13(9-12)20-2/h3-9,15,18H,10-11H2,1-2H3. The average Bonchev–Trinajstić information content (AvgIpc) is 3.00. The zero-order valence-corrected chi connectivity index (χ0v) is 13.0. The maximum Gasteiger partial charge on any atom is 0.227 e. The summed E-state index contributed by atoms with van der Waals surface area (Å²) in [6.07, 6.45) is -0.351. The molecule has 1 aromatic carbocycles. The van der Waals surface area contributed by atoms with Gasteiger partial charge >= 0.3 is 0 Å². The summed E-state index contributed by atoms with van der Waals surface area (Å²) in [6.45, 7) is 0.261. The zero-order chi connectivity index (χ0) is 15.2. The van der Waals surface area contributed by atoms with Crippen molar-refractivity contribution in [1.82, 2.24) is 4.90 Å². The molecule has 1 N–H and O–H groups in total. The number of hydrogen-bond acceptors (Lipinski definition) is 4. The Labute approximate surface area is 128 Å². The van der Waals surface area contributed by atoms with Crippen molar-refractivity contribution in [2.75, 3.05) is 20.7 Å². The number of likely N-dealkylation sites (N-methyl/N-ethyl adjacent to an activating group) is 1. The van der Waals surface area contributed by atoms with Crippen LogP contribution in [0.2, 0.25) is 0 Å². The minimum Gasteiger partial charge on any atom is -0.497 e. The van der Waals surface area contributed by atoms with E-state index in [4.69, 9.17) is 4.74 Å². The van der Waals surface area contributed by atoms with E-state index in [1.54, 1.807) is 36.5 Å². The molecule has 0 saturated heterocycles. The minimum absolute atomic E-state index is 0.000559. The van der Waals surface area contributed by atoms with Crippen LogP contribution in [-0.2, 0) is 11.2 Å². The lowest BCUT2D eigenvalue weighted by molar-refractivity contribution is -0.130. The molecular weight excluding hydrogens is 286 g/mol. The van der Waals surface area contributed by atoms with E-state index in [9.17, 15) is 9.90 Å². The van der Waals surface area contributed by atoms with Crippen molar-refractivity contribution in [3.63, 3.8) is 0 Å². The predicted molar refractivity (Wildman–Crippen MR) is 83.6 cm³/mol. The molecule has 1 unspecified atom stereocenters. The lowest BCUT2D eigenvalue weighted by atomic mass is 10.1. The molecular formula is C16H19NO3S. The lowest BCUT2D eigenvalue weighted by Gasteiger charge is -2.21. The van der Waals surface area contributed by atoms with Gasteiger partial charge in [-0.25, -0.2) is 0 Å². The van der Waals surface area contributed by atoms with Crippen LogP contribution in [0.15, 0.2) is 41.8 Å². The summed E-state index contributed by atoms with van der Waals surface area (Å²) in [7, 11) is 3.29. The van der Waals surface area contributed by atoms with Gasteiger partial charge in [0.1, 0.15) is 5.75 Å². The first-order chi connectivity index (χ1) is 10.1. The molecule has 4 nitrogen and oxygen atoms in total. The highest BCUT2D eigenvalue weighted by atomic mass is 32.1. The van der Waals surface area contributed by atoms with Crippen LogP contribution in [0, 0.1) is 0 Å². The van der Waals surface area contributed by atoms with Crippen molar-refractivity contribution < 1.29 is 14.6 Å². The number of aliphatic hydroxyl groups excluding tert-OH is 1. The van der Waals surface area contributed by atoms with Gasteiger partial charge in [-0.2, -0.15) is 0 Å². The summed E-state index contributed by atoms with van der Waals surface area (Å²) >= 11 is 1.56. The lowest BCUT2D eigenvalue weighted by Crippen LogP contribution is -2.32. The molecule has 0 fully saturated rings. The SMILES string of the molecule is COc1cccc(C(O)CN(C)C(=O)Cc2cccs2)c1. The van der Waals surface area contributed by atoms with Crippen LogP contribution in [0.4, 0.5) is 0 Å². The first-order valence-electron chi connectivity index (χ1n) is 6.68. The van der Waals surface area contributed by atoms with Crippen LogP contribution in [0.1, 0.15) is 16.5 Å². The number of thiophene rings is 1. The molecule has 1 aromatic heterocycles. The molecule has 0 bridgehead atoms. The molecule has 0 radical (unpaired) electrons. The van der Waals surface area contributed by atoms with Crippen molar-refractivity contribution in [2.45, 2.75) is 12.5 Å². The van der Waals surface area contributed by atoms with Gasteiger partial charge in [-0.1, -0.05) is 18.2 Å². The van der Waals surface area contributed by atoms with E-state index in [1.807, 2.05) is 35.7 Å². The summed E-state index contributed by atoms with van der Waals surface area (Å²) in [5.74, 6) is 0.693. The number of hydrogen-bond donors (Lipinski definition) is 1. The maximum absolute atomic E-state index is 12.1. The van der Waals surface area contributed by atoms with Gasteiger partial charge in [0.2, 0.25) is 5.91 Å². The van der Waals surface area contributed by atoms with Crippen LogP contribution in [0.25, 0.3) is 0 Å².